The van der Waals surface area contributed by atoms with Gasteiger partial charge in [-0.05, 0) is 41.3 Å². The first-order valence-electron chi connectivity index (χ1n) is 9.99. The van der Waals surface area contributed by atoms with Gasteiger partial charge >= 0.3 is 0 Å². The van der Waals surface area contributed by atoms with Crippen molar-refractivity contribution in [2.75, 3.05) is 4.90 Å². The highest BCUT2D eigenvalue weighted by Gasteiger charge is 2.69. The molecule has 2 bridgehead atoms. The summed E-state index contributed by atoms with van der Waals surface area (Å²) in [4.78, 5) is 28.8. The third-order valence-electron chi connectivity index (χ3n) is 7.19. The highest BCUT2D eigenvalue weighted by atomic mass is 35.5. The normalized spacial score (nSPS) is 28.3. The predicted molar refractivity (Wildman–Crippen MR) is 114 cm³/mol. The van der Waals surface area contributed by atoms with Gasteiger partial charge in [0.25, 0.3) is 0 Å². The van der Waals surface area contributed by atoms with Gasteiger partial charge in [-0.3, -0.25) is 9.59 Å². The van der Waals surface area contributed by atoms with Crippen molar-refractivity contribution >= 4 is 29.1 Å². The van der Waals surface area contributed by atoms with Gasteiger partial charge in [-0.15, -0.1) is 0 Å². The van der Waals surface area contributed by atoms with Gasteiger partial charge in [0.1, 0.15) is 5.75 Å². The summed E-state index contributed by atoms with van der Waals surface area (Å²) in [5.74, 6) is -1.63. The van der Waals surface area contributed by atoms with Gasteiger partial charge in [0, 0.05) is 22.9 Å². The SMILES string of the molecule is C[C@@]12C(=O)N(c3ccc(Cl)cc3O)C(=O)[C@@H]1C1c3ccccc3C2c2ccccc21. The minimum atomic E-state index is -0.920. The molecule has 1 saturated heterocycles. The molecule has 0 radical (unpaired) electrons. The largest absolute Gasteiger partial charge is 0.506 e. The van der Waals surface area contributed by atoms with Gasteiger partial charge in [-0.1, -0.05) is 60.1 Å². The van der Waals surface area contributed by atoms with Crippen molar-refractivity contribution in [2.24, 2.45) is 11.3 Å². The Bertz CT molecular complexity index is 1220. The van der Waals surface area contributed by atoms with Crippen molar-refractivity contribution in [3.63, 3.8) is 0 Å². The molecule has 1 heterocycles. The average Bonchev–Trinajstić information content (AvgIpc) is 2.94. The molecule has 0 aromatic heterocycles. The second kappa shape index (κ2) is 5.73. The number of halogens is 1. The number of anilines is 1. The summed E-state index contributed by atoms with van der Waals surface area (Å²) < 4.78 is 0. The van der Waals surface area contributed by atoms with Crippen LogP contribution in [0.15, 0.2) is 66.7 Å². The van der Waals surface area contributed by atoms with E-state index in [1.807, 2.05) is 31.2 Å². The number of imide groups is 1. The Hall–Kier alpha value is -3.11. The number of rotatable bonds is 1. The molecule has 1 aliphatic heterocycles. The van der Waals surface area contributed by atoms with E-state index in [-0.39, 0.29) is 35.1 Å². The number of carbonyl (C=O) groups excluding carboxylic acids is 2. The van der Waals surface area contributed by atoms with Crippen LogP contribution in [-0.2, 0) is 9.59 Å². The van der Waals surface area contributed by atoms with Crippen molar-refractivity contribution in [3.8, 4) is 5.75 Å². The Morgan fingerprint density at radius 1 is 0.900 bits per heavy atom. The summed E-state index contributed by atoms with van der Waals surface area (Å²) >= 11 is 5.98. The van der Waals surface area contributed by atoms with Crippen LogP contribution >= 0.6 is 11.6 Å². The third-order valence-corrected chi connectivity index (χ3v) is 7.43. The Morgan fingerprint density at radius 2 is 1.47 bits per heavy atom. The number of benzene rings is 3. The zero-order valence-corrected chi connectivity index (χ0v) is 16.9. The van der Waals surface area contributed by atoms with E-state index in [0.717, 1.165) is 22.3 Å². The quantitative estimate of drug-likeness (QED) is 0.579. The lowest BCUT2D eigenvalue weighted by atomic mass is 9.48. The Kier molecular flexibility index (Phi) is 3.39. The number of hydrogen-bond donors (Lipinski definition) is 1. The zero-order chi connectivity index (χ0) is 20.8. The molecule has 7 rings (SSSR count). The highest BCUT2D eigenvalue weighted by Crippen LogP contribution is 2.67. The van der Waals surface area contributed by atoms with Crippen LogP contribution in [0.4, 0.5) is 5.69 Å². The van der Waals surface area contributed by atoms with Crippen LogP contribution < -0.4 is 4.90 Å². The Morgan fingerprint density at radius 3 is 2.03 bits per heavy atom. The summed E-state index contributed by atoms with van der Waals surface area (Å²) in [6, 6.07) is 20.7. The van der Waals surface area contributed by atoms with Crippen LogP contribution in [0, 0.1) is 11.3 Å². The van der Waals surface area contributed by atoms with E-state index in [2.05, 4.69) is 24.3 Å². The van der Waals surface area contributed by atoms with Crippen molar-refractivity contribution in [1.82, 2.24) is 0 Å². The zero-order valence-electron chi connectivity index (χ0n) is 16.2. The molecule has 4 aliphatic rings. The molecule has 1 fully saturated rings. The molecule has 2 amide bonds. The molecule has 2 atom stereocenters. The topological polar surface area (TPSA) is 57.6 Å². The van der Waals surface area contributed by atoms with E-state index in [1.165, 1.54) is 17.0 Å². The average molecular weight is 416 g/mol. The van der Waals surface area contributed by atoms with Crippen LogP contribution in [-0.4, -0.2) is 16.9 Å². The van der Waals surface area contributed by atoms with E-state index in [4.69, 9.17) is 11.6 Å². The fourth-order valence-electron chi connectivity index (χ4n) is 6.03. The van der Waals surface area contributed by atoms with E-state index >= 15 is 0 Å². The first kappa shape index (κ1) is 17.7. The summed E-state index contributed by atoms with van der Waals surface area (Å²) in [6.07, 6.45) is 0. The van der Waals surface area contributed by atoms with Crippen LogP contribution in [0.1, 0.15) is 41.0 Å². The van der Waals surface area contributed by atoms with Crippen LogP contribution in [0.3, 0.4) is 0 Å². The van der Waals surface area contributed by atoms with Crippen molar-refractivity contribution in [3.05, 3.63) is 94.0 Å². The smallest absolute Gasteiger partial charge is 0.241 e. The van der Waals surface area contributed by atoms with Crippen LogP contribution in [0.25, 0.3) is 0 Å². The first-order chi connectivity index (χ1) is 14.4. The van der Waals surface area contributed by atoms with E-state index in [9.17, 15) is 14.7 Å². The number of amides is 2. The molecule has 148 valence electrons. The molecule has 5 heteroatoms. The third kappa shape index (κ3) is 1.93. The number of hydrogen-bond acceptors (Lipinski definition) is 3. The minimum absolute atomic E-state index is 0.172. The molecule has 0 saturated carbocycles. The minimum Gasteiger partial charge on any atom is -0.506 e. The maximum absolute atomic E-state index is 13.9. The maximum atomic E-state index is 13.9. The molecular formula is C25H18ClNO3. The fourth-order valence-corrected chi connectivity index (χ4v) is 6.20. The Labute approximate surface area is 178 Å². The first-order valence-corrected chi connectivity index (χ1v) is 10.4. The molecule has 3 aromatic rings. The van der Waals surface area contributed by atoms with Gasteiger partial charge in [-0.2, -0.15) is 0 Å². The lowest BCUT2D eigenvalue weighted by Crippen LogP contribution is -2.49. The van der Waals surface area contributed by atoms with Gasteiger partial charge in [-0.25, -0.2) is 4.90 Å². The number of carbonyl (C=O) groups is 2. The number of phenolic OH excluding ortho intramolecular Hbond substituents is 1. The summed E-state index contributed by atoms with van der Waals surface area (Å²) in [7, 11) is 0. The van der Waals surface area contributed by atoms with E-state index in [1.54, 1.807) is 6.07 Å². The molecule has 0 unspecified atom stereocenters. The highest BCUT2D eigenvalue weighted by molar-refractivity contribution is 6.31. The predicted octanol–water partition coefficient (Wildman–Crippen LogP) is 4.83. The van der Waals surface area contributed by atoms with Gasteiger partial charge < -0.3 is 5.11 Å². The number of nitrogens with zero attached hydrogens (tertiary/aromatic N) is 1. The van der Waals surface area contributed by atoms with Gasteiger partial charge in [0.05, 0.1) is 17.0 Å². The molecule has 3 aromatic carbocycles. The van der Waals surface area contributed by atoms with Crippen LogP contribution in [0.2, 0.25) is 5.02 Å². The van der Waals surface area contributed by atoms with Crippen molar-refractivity contribution < 1.29 is 14.7 Å². The van der Waals surface area contributed by atoms with Crippen molar-refractivity contribution in [1.29, 1.82) is 0 Å². The monoisotopic (exact) mass is 415 g/mol. The Balaban J connectivity index is 1.62. The number of aromatic hydroxyl groups is 1. The summed E-state index contributed by atoms with van der Waals surface area (Å²) in [6.45, 7) is 1.91. The van der Waals surface area contributed by atoms with E-state index in [0.29, 0.717) is 5.02 Å². The van der Waals surface area contributed by atoms with Gasteiger partial charge in [0.2, 0.25) is 11.8 Å². The second-order valence-electron chi connectivity index (χ2n) is 8.54. The molecular weight excluding hydrogens is 398 g/mol. The molecule has 1 N–H and O–H groups in total. The van der Waals surface area contributed by atoms with Crippen molar-refractivity contribution in [2.45, 2.75) is 18.8 Å². The fraction of sp³-hybridized carbons (Fsp3) is 0.200. The second-order valence-corrected chi connectivity index (χ2v) is 8.98. The van der Waals surface area contributed by atoms with E-state index < -0.39 is 11.3 Å². The molecule has 3 aliphatic carbocycles. The lowest BCUT2D eigenvalue weighted by molar-refractivity contribution is -0.128. The lowest BCUT2D eigenvalue weighted by Gasteiger charge is -2.51. The van der Waals surface area contributed by atoms with Crippen LogP contribution in [0.5, 0.6) is 5.75 Å². The standard InChI is InChI=1S/C25H18ClNO3/c1-25-21-16-8-4-2-6-14(16)20(15-7-3-5-9-17(15)21)22(25)23(29)27(24(25)30)18-11-10-13(26)12-19(18)28/h2-12,20-22,28H,1H3/t20?,21?,22-,25-/m0/s1. The molecule has 4 nitrogen and oxygen atoms in total. The maximum Gasteiger partial charge on any atom is 0.241 e. The summed E-state index contributed by atoms with van der Waals surface area (Å²) in [5.41, 5.74) is 3.74. The number of phenols is 1. The van der Waals surface area contributed by atoms with Gasteiger partial charge in [0.15, 0.2) is 0 Å². The molecule has 30 heavy (non-hydrogen) atoms. The molecule has 0 spiro atoms. The summed E-state index contributed by atoms with van der Waals surface area (Å²) in [5, 5.41) is 10.8.